The number of likely N-dealkylation sites (N-methyl/N-ethyl adjacent to an activating group) is 1. The van der Waals surface area contributed by atoms with E-state index in [0.717, 1.165) is 18.8 Å². The van der Waals surface area contributed by atoms with E-state index in [9.17, 15) is 4.79 Å². The lowest BCUT2D eigenvalue weighted by atomic mass is 10.1. The minimum Gasteiger partial charge on any atom is -0.467 e. The monoisotopic (exact) mass is 251 g/mol. The molecule has 0 spiro atoms. The minimum absolute atomic E-state index is 0.126. The van der Waals surface area contributed by atoms with Gasteiger partial charge >= 0.3 is 0 Å². The van der Waals surface area contributed by atoms with Crippen LogP contribution in [0.15, 0.2) is 22.8 Å². The van der Waals surface area contributed by atoms with Crippen molar-refractivity contribution in [2.45, 2.75) is 25.6 Å². The van der Waals surface area contributed by atoms with Gasteiger partial charge in [0.1, 0.15) is 5.76 Å². The van der Waals surface area contributed by atoms with Crippen LogP contribution < -0.4 is 5.32 Å². The number of carbonyl (C=O) groups is 1. The van der Waals surface area contributed by atoms with Gasteiger partial charge in [-0.15, -0.1) is 0 Å². The molecule has 0 saturated carbocycles. The lowest BCUT2D eigenvalue weighted by Crippen LogP contribution is -2.61. The van der Waals surface area contributed by atoms with E-state index < -0.39 is 0 Å². The van der Waals surface area contributed by atoms with Gasteiger partial charge in [-0.25, -0.2) is 0 Å². The highest BCUT2D eigenvalue weighted by molar-refractivity contribution is 5.83. The largest absolute Gasteiger partial charge is 0.467 e. The Balaban J connectivity index is 2.03. The van der Waals surface area contributed by atoms with Crippen molar-refractivity contribution in [2.24, 2.45) is 0 Å². The molecule has 1 fully saturated rings. The van der Waals surface area contributed by atoms with Crippen LogP contribution in [-0.2, 0) is 11.3 Å². The smallest absolute Gasteiger partial charge is 0.241 e. The first-order valence-electron chi connectivity index (χ1n) is 6.28. The zero-order valence-electron chi connectivity index (χ0n) is 11.2. The Labute approximate surface area is 108 Å². The quantitative estimate of drug-likeness (QED) is 0.848. The topological polar surface area (TPSA) is 48.7 Å². The highest BCUT2D eigenvalue weighted by Gasteiger charge is 2.32. The maximum absolute atomic E-state index is 12.3. The van der Waals surface area contributed by atoms with E-state index in [-0.39, 0.29) is 11.9 Å². The lowest BCUT2D eigenvalue weighted by Gasteiger charge is -2.37. The molecular formula is C13H21N3O2. The van der Waals surface area contributed by atoms with Gasteiger partial charge in [0.15, 0.2) is 0 Å². The first kappa shape index (κ1) is 13.1. The van der Waals surface area contributed by atoms with Crippen LogP contribution in [0, 0.1) is 0 Å². The Hall–Kier alpha value is -1.33. The Morgan fingerprint density at radius 3 is 2.94 bits per heavy atom. The van der Waals surface area contributed by atoms with Crippen LogP contribution in [0.25, 0.3) is 0 Å². The van der Waals surface area contributed by atoms with Crippen molar-refractivity contribution in [3.8, 4) is 0 Å². The molecule has 0 radical (unpaired) electrons. The van der Waals surface area contributed by atoms with Gasteiger partial charge in [-0.2, -0.15) is 0 Å². The van der Waals surface area contributed by atoms with E-state index >= 15 is 0 Å². The molecular weight excluding hydrogens is 230 g/mol. The van der Waals surface area contributed by atoms with Crippen LogP contribution in [0.3, 0.4) is 0 Å². The maximum atomic E-state index is 12.3. The highest BCUT2D eigenvalue weighted by Crippen LogP contribution is 2.12. The second-order valence-electron chi connectivity index (χ2n) is 5.18. The third-order valence-corrected chi connectivity index (χ3v) is 3.06. The van der Waals surface area contributed by atoms with Gasteiger partial charge < -0.3 is 19.5 Å². The summed E-state index contributed by atoms with van der Waals surface area (Å²) in [4.78, 5) is 16.2. The molecule has 5 nitrogen and oxygen atoms in total. The van der Waals surface area contributed by atoms with Crippen LogP contribution >= 0.6 is 0 Å². The van der Waals surface area contributed by atoms with E-state index in [4.69, 9.17) is 4.42 Å². The Kier molecular flexibility index (Phi) is 4.04. The Morgan fingerprint density at radius 2 is 2.33 bits per heavy atom. The van der Waals surface area contributed by atoms with Gasteiger partial charge in [0, 0.05) is 19.1 Å². The summed E-state index contributed by atoms with van der Waals surface area (Å²) in [5.74, 6) is 0.985. The van der Waals surface area contributed by atoms with Gasteiger partial charge in [0.25, 0.3) is 0 Å². The lowest BCUT2D eigenvalue weighted by molar-refractivity contribution is -0.138. The van der Waals surface area contributed by atoms with Crippen molar-refractivity contribution in [3.05, 3.63) is 24.2 Å². The second-order valence-corrected chi connectivity index (χ2v) is 5.18. The number of piperazine rings is 1. The Bertz CT molecular complexity index is 387. The molecule has 0 aromatic carbocycles. The number of rotatable bonds is 4. The zero-order chi connectivity index (χ0) is 13.1. The predicted octanol–water partition coefficient (Wildman–Crippen LogP) is 0.530. The number of nitrogens with one attached hydrogen (secondary N) is 1. The van der Waals surface area contributed by atoms with Crippen LogP contribution in [0.1, 0.15) is 12.7 Å². The molecule has 18 heavy (non-hydrogen) atoms. The zero-order valence-corrected chi connectivity index (χ0v) is 11.2. The van der Waals surface area contributed by atoms with Crippen molar-refractivity contribution in [2.75, 3.05) is 27.2 Å². The number of furan rings is 1. The number of amides is 1. The molecule has 5 heteroatoms. The first-order chi connectivity index (χ1) is 8.56. The number of carbonyl (C=O) groups excluding carboxylic acids is 1. The average molecular weight is 251 g/mol. The third kappa shape index (κ3) is 3.11. The number of hydrogen-bond donors (Lipinski definition) is 1. The molecule has 1 aromatic rings. The summed E-state index contributed by atoms with van der Waals surface area (Å²) in [7, 11) is 3.95. The molecule has 1 amide bonds. The van der Waals surface area contributed by atoms with Crippen molar-refractivity contribution < 1.29 is 9.21 Å². The molecule has 1 aromatic heterocycles. The van der Waals surface area contributed by atoms with Crippen LogP contribution in [0.4, 0.5) is 0 Å². The van der Waals surface area contributed by atoms with Crippen LogP contribution in [0.5, 0.6) is 0 Å². The van der Waals surface area contributed by atoms with Gasteiger partial charge in [-0.3, -0.25) is 4.79 Å². The predicted molar refractivity (Wildman–Crippen MR) is 69.1 cm³/mol. The molecule has 1 aliphatic heterocycles. The van der Waals surface area contributed by atoms with Crippen molar-refractivity contribution in [1.29, 1.82) is 0 Å². The molecule has 2 atom stereocenters. The molecule has 100 valence electrons. The summed E-state index contributed by atoms with van der Waals surface area (Å²) in [6.07, 6.45) is 1.64. The SMILES string of the molecule is CC1CN(Cc2ccco2)C(=O)C(CN(C)C)N1. The highest BCUT2D eigenvalue weighted by atomic mass is 16.3. The standard InChI is InChI=1S/C13H21N3O2/c1-10-7-16(8-11-5-4-6-18-11)13(17)12(14-10)9-15(2)3/h4-6,10,12,14H,7-9H2,1-3H3. The average Bonchev–Trinajstić information content (AvgIpc) is 2.77. The summed E-state index contributed by atoms with van der Waals surface area (Å²) < 4.78 is 5.31. The summed E-state index contributed by atoms with van der Waals surface area (Å²) in [6, 6.07) is 3.94. The summed E-state index contributed by atoms with van der Waals surface area (Å²) in [5, 5.41) is 3.34. The van der Waals surface area contributed by atoms with Gasteiger partial charge in [-0.05, 0) is 33.2 Å². The van der Waals surface area contributed by atoms with Gasteiger partial charge in [0.05, 0.1) is 18.8 Å². The Morgan fingerprint density at radius 1 is 1.56 bits per heavy atom. The van der Waals surface area contributed by atoms with Crippen molar-refractivity contribution >= 4 is 5.91 Å². The molecule has 0 aliphatic carbocycles. The van der Waals surface area contributed by atoms with Crippen LogP contribution in [-0.4, -0.2) is 55.0 Å². The summed E-state index contributed by atoms with van der Waals surface area (Å²) in [6.45, 7) is 4.10. The van der Waals surface area contributed by atoms with Crippen LogP contribution in [0.2, 0.25) is 0 Å². The van der Waals surface area contributed by atoms with Crippen molar-refractivity contribution in [3.63, 3.8) is 0 Å². The first-order valence-corrected chi connectivity index (χ1v) is 6.28. The molecule has 1 aliphatic rings. The van der Waals surface area contributed by atoms with Gasteiger partial charge in [0.2, 0.25) is 5.91 Å². The summed E-state index contributed by atoms with van der Waals surface area (Å²) in [5.41, 5.74) is 0. The summed E-state index contributed by atoms with van der Waals surface area (Å²) >= 11 is 0. The molecule has 2 heterocycles. The van der Waals surface area contributed by atoms with Crippen molar-refractivity contribution in [1.82, 2.24) is 15.1 Å². The fourth-order valence-corrected chi connectivity index (χ4v) is 2.34. The molecule has 2 rings (SSSR count). The van der Waals surface area contributed by atoms with E-state index in [1.54, 1.807) is 6.26 Å². The molecule has 1 saturated heterocycles. The van der Waals surface area contributed by atoms with E-state index in [1.807, 2.05) is 36.0 Å². The fourth-order valence-electron chi connectivity index (χ4n) is 2.34. The van der Waals surface area contributed by atoms with Gasteiger partial charge in [-0.1, -0.05) is 0 Å². The second kappa shape index (κ2) is 5.54. The number of hydrogen-bond acceptors (Lipinski definition) is 4. The maximum Gasteiger partial charge on any atom is 0.241 e. The number of nitrogens with zero attached hydrogens (tertiary/aromatic N) is 2. The third-order valence-electron chi connectivity index (χ3n) is 3.06. The molecule has 2 unspecified atom stereocenters. The van der Waals surface area contributed by atoms with E-state index in [1.165, 1.54) is 0 Å². The molecule has 1 N–H and O–H groups in total. The minimum atomic E-state index is -0.126. The fraction of sp³-hybridized carbons (Fsp3) is 0.615. The van der Waals surface area contributed by atoms with E-state index in [2.05, 4.69) is 12.2 Å². The molecule has 0 bridgehead atoms. The normalized spacial score (nSPS) is 24.9. The van der Waals surface area contributed by atoms with E-state index in [0.29, 0.717) is 12.6 Å².